The predicted molar refractivity (Wildman–Crippen MR) is 49.3 cm³/mol. The number of carbonyl (C=O) groups is 1. The molecular weight excluding hydrogens is 243 g/mol. The van der Waals surface area contributed by atoms with Gasteiger partial charge in [-0.05, 0) is 12.3 Å². The average molecular weight is 256 g/mol. The van der Waals surface area contributed by atoms with Crippen molar-refractivity contribution in [1.29, 1.82) is 0 Å². The smallest absolute Gasteiger partial charge is 0.315 e. The minimum atomic E-state index is -0.110. The SMILES string of the molecule is CC(C)CCOC(=O)CI. The highest BCUT2D eigenvalue weighted by Crippen LogP contribution is 1.99. The van der Waals surface area contributed by atoms with Gasteiger partial charge in [0.15, 0.2) is 0 Å². The molecule has 0 aromatic rings. The number of hydrogen-bond donors (Lipinski definition) is 0. The molecule has 0 heterocycles. The summed E-state index contributed by atoms with van der Waals surface area (Å²) in [7, 11) is 0. The monoisotopic (exact) mass is 256 g/mol. The second-order valence-electron chi connectivity index (χ2n) is 2.54. The maximum Gasteiger partial charge on any atom is 0.315 e. The van der Waals surface area contributed by atoms with E-state index in [2.05, 4.69) is 13.8 Å². The van der Waals surface area contributed by atoms with E-state index in [1.54, 1.807) is 0 Å². The molecule has 0 fully saturated rings. The predicted octanol–water partition coefficient (Wildman–Crippen LogP) is 2.01. The summed E-state index contributed by atoms with van der Waals surface area (Å²) in [5.74, 6) is 0.503. The van der Waals surface area contributed by atoms with Crippen LogP contribution >= 0.6 is 22.6 Å². The van der Waals surface area contributed by atoms with E-state index < -0.39 is 0 Å². The Balaban J connectivity index is 3.12. The summed E-state index contributed by atoms with van der Waals surface area (Å²) in [6, 6.07) is 0. The molecule has 0 aromatic heterocycles. The summed E-state index contributed by atoms with van der Waals surface area (Å²) in [6.45, 7) is 4.79. The molecule has 0 bridgehead atoms. The number of halogens is 1. The van der Waals surface area contributed by atoms with Crippen LogP contribution in [-0.4, -0.2) is 17.0 Å². The first-order chi connectivity index (χ1) is 4.66. The van der Waals surface area contributed by atoms with Crippen LogP contribution in [0.1, 0.15) is 20.3 Å². The van der Waals surface area contributed by atoms with Gasteiger partial charge in [0.2, 0.25) is 0 Å². The molecule has 2 nitrogen and oxygen atoms in total. The van der Waals surface area contributed by atoms with Crippen molar-refractivity contribution in [2.45, 2.75) is 20.3 Å². The van der Waals surface area contributed by atoms with Gasteiger partial charge in [-0.15, -0.1) is 0 Å². The maximum absolute atomic E-state index is 10.6. The topological polar surface area (TPSA) is 26.3 Å². The average Bonchev–Trinajstić information content (AvgIpc) is 1.87. The Labute approximate surface area is 75.5 Å². The van der Waals surface area contributed by atoms with Gasteiger partial charge in [-0.1, -0.05) is 36.4 Å². The lowest BCUT2D eigenvalue weighted by molar-refractivity contribution is -0.140. The number of esters is 1. The van der Waals surface area contributed by atoms with Gasteiger partial charge in [-0.25, -0.2) is 0 Å². The van der Waals surface area contributed by atoms with Gasteiger partial charge < -0.3 is 4.74 Å². The van der Waals surface area contributed by atoms with Gasteiger partial charge in [0.05, 0.1) is 11.0 Å². The number of ether oxygens (including phenoxy) is 1. The van der Waals surface area contributed by atoms with Crippen molar-refractivity contribution in [3.05, 3.63) is 0 Å². The van der Waals surface area contributed by atoms with Gasteiger partial charge in [0.25, 0.3) is 0 Å². The summed E-state index contributed by atoms with van der Waals surface area (Å²) in [4.78, 5) is 10.6. The molecule has 0 amide bonds. The molecule has 0 aliphatic rings. The normalized spacial score (nSPS) is 10.0. The van der Waals surface area contributed by atoms with Crippen molar-refractivity contribution in [3.63, 3.8) is 0 Å². The highest BCUT2D eigenvalue weighted by molar-refractivity contribution is 14.1. The largest absolute Gasteiger partial charge is 0.465 e. The number of hydrogen-bond acceptors (Lipinski definition) is 2. The fourth-order valence-corrected chi connectivity index (χ4v) is 0.667. The second kappa shape index (κ2) is 5.95. The maximum atomic E-state index is 10.6. The van der Waals surface area contributed by atoms with Gasteiger partial charge in [-0.2, -0.15) is 0 Å². The minimum absolute atomic E-state index is 0.110. The van der Waals surface area contributed by atoms with Gasteiger partial charge >= 0.3 is 5.97 Å². The van der Waals surface area contributed by atoms with E-state index in [0.29, 0.717) is 17.0 Å². The summed E-state index contributed by atoms with van der Waals surface area (Å²) in [5.41, 5.74) is 0. The molecule has 0 saturated carbocycles. The summed E-state index contributed by atoms with van der Waals surface area (Å²) in [6.07, 6.45) is 0.961. The Kier molecular flexibility index (Phi) is 6.06. The Bertz CT molecular complexity index is 102. The van der Waals surface area contributed by atoms with Gasteiger partial charge in [0, 0.05) is 0 Å². The Hall–Kier alpha value is 0.200. The molecular formula is C7H13IO2. The quantitative estimate of drug-likeness (QED) is 0.437. The molecule has 60 valence electrons. The molecule has 0 spiro atoms. The zero-order valence-electron chi connectivity index (χ0n) is 6.39. The van der Waals surface area contributed by atoms with Crippen LogP contribution in [0.15, 0.2) is 0 Å². The van der Waals surface area contributed by atoms with Crippen LogP contribution in [-0.2, 0) is 9.53 Å². The molecule has 0 aromatic carbocycles. The minimum Gasteiger partial charge on any atom is -0.465 e. The van der Waals surface area contributed by atoms with Crippen molar-refractivity contribution in [2.75, 3.05) is 11.0 Å². The Morgan fingerprint density at radius 1 is 1.60 bits per heavy atom. The van der Waals surface area contributed by atoms with E-state index in [1.807, 2.05) is 22.6 Å². The molecule has 0 radical (unpaired) electrons. The number of carbonyl (C=O) groups excluding carboxylic acids is 1. The van der Waals surface area contributed by atoms with Crippen LogP contribution in [0.25, 0.3) is 0 Å². The first-order valence-electron chi connectivity index (χ1n) is 3.38. The standard InChI is InChI=1S/C7H13IO2/c1-6(2)3-4-10-7(9)5-8/h6H,3-5H2,1-2H3. The van der Waals surface area contributed by atoms with E-state index in [9.17, 15) is 4.79 Å². The third-order valence-corrected chi connectivity index (χ3v) is 1.69. The van der Waals surface area contributed by atoms with Gasteiger partial charge in [-0.3, -0.25) is 4.79 Å². The Morgan fingerprint density at radius 2 is 2.20 bits per heavy atom. The van der Waals surface area contributed by atoms with Crippen molar-refractivity contribution < 1.29 is 9.53 Å². The van der Waals surface area contributed by atoms with E-state index in [0.717, 1.165) is 6.42 Å². The molecule has 0 atom stereocenters. The van der Waals surface area contributed by atoms with Gasteiger partial charge in [0.1, 0.15) is 0 Å². The zero-order valence-corrected chi connectivity index (χ0v) is 8.55. The van der Waals surface area contributed by atoms with Crippen molar-refractivity contribution >= 4 is 28.6 Å². The van der Waals surface area contributed by atoms with E-state index >= 15 is 0 Å². The first kappa shape index (κ1) is 10.2. The van der Waals surface area contributed by atoms with Crippen LogP contribution in [0.3, 0.4) is 0 Å². The lowest BCUT2D eigenvalue weighted by Gasteiger charge is -2.04. The fourth-order valence-electron chi connectivity index (χ4n) is 0.447. The van der Waals surface area contributed by atoms with E-state index in [4.69, 9.17) is 4.74 Å². The second-order valence-corrected chi connectivity index (χ2v) is 3.30. The molecule has 0 unspecified atom stereocenters. The molecule has 0 rings (SSSR count). The first-order valence-corrected chi connectivity index (χ1v) is 4.91. The van der Waals surface area contributed by atoms with Crippen LogP contribution in [0.2, 0.25) is 0 Å². The molecule has 0 aliphatic carbocycles. The van der Waals surface area contributed by atoms with Crippen LogP contribution in [0.5, 0.6) is 0 Å². The summed E-state index contributed by atoms with van der Waals surface area (Å²) < 4.78 is 5.31. The highest BCUT2D eigenvalue weighted by atomic mass is 127. The summed E-state index contributed by atoms with van der Waals surface area (Å²) >= 11 is 2.00. The lowest BCUT2D eigenvalue weighted by atomic mass is 10.1. The zero-order chi connectivity index (χ0) is 7.98. The number of rotatable bonds is 4. The van der Waals surface area contributed by atoms with Crippen molar-refractivity contribution in [2.24, 2.45) is 5.92 Å². The molecule has 0 saturated heterocycles. The van der Waals surface area contributed by atoms with Crippen LogP contribution < -0.4 is 0 Å². The third-order valence-electron chi connectivity index (χ3n) is 1.07. The van der Waals surface area contributed by atoms with E-state index in [1.165, 1.54) is 0 Å². The van der Waals surface area contributed by atoms with Crippen molar-refractivity contribution in [1.82, 2.24) is 0 Å². The molecule has 10 heavy (non-hydrogen) atoms. The molecule has 3 heteroatoms. The number of alkyl halides is 1. The molecule has 0 N–H and O–H groups in total. The lowest BCUT2D eigenvalue weighted by Crippen LogP contribution is -2.07. The Morgan fingerprint density at radius 3 is 2.60 bits per heavy atom. The molecule has 0 aliphatic heterocycles. The third kappa shape index (κ3) is 6.32. The van der Waals surface area contributed by atoms with Crippen molar-refractivity contribution in [3.8, 4) is 0 Å². The van der Waals surface area contributed by atoms with Crippen LogP contribution in [0, 0.1) is 5.92 Å². The summed E-state index contributed by atoms with van der Waals surface area (Å²) in [5, 5.41) is 0. The fraction of sp³-hybridized carbons (Fsp3) is 0.857. The highest BCUT2D eigenvalue weighted by Gasteiger charge is 1.99. The van der Waals surface area contributed by atoms with E-state index in [-0.39, 0.29) is 5.97 Å². The van der Waals surface area contributed by atoms with Crippen LogP contribution in [0.4, 0.5) is 0 Å².